The van der Waals surface area contributed by atoms with Crippen molar-refractivity contribution in [2.45, 2.75) is 25.9 Å². The van der Waals surface area contributed by atoms with Gasteiger partial charge in [0.05, 0.1) is 23.6 Å². The Bertz CT molecular complexity index is 777. The van der Waals surface area contributed by atoms with Crippen LogP contribution in [0.1, 0.15) is 35.8 Å². The lowest BCUT2D eigenvalue weighted by Gasteiger charge is -2.31. The van der Waals surface area contributed by atoms with Crippen LogP contribution in [-0.2, 0) is 6.18 Å². The first-order valence-electron chi connectivity index (χ1n) is 8.39. The van der Waals surface area contributed by atoms with Gasteiger partial charge in [0.2, 0.25) is 0 Å². The van der Waals surface area contributed by atoms with Crippen LogP contribution in [0.15, 0.2) is 36.7 Å². The van der Waals surface area contributed by atoms with Crippen LogP contribution in [0, 0.1) is 5.92 Å². The summed E-state index contributed by atoms with van der Waals surface area (Å²) in [6.45, 7) is 3.92. The maximum atomic E-state index is 13.0. The normalized spacial score (nSPS) is 17.8. The number of nitrogens with one attached hydrogen (secondary N) is 1. The Hall–Kier alpha value is -2.64. The summed E-state index contributed by atoms with van der Waals surface area (Å²) in [5.41, 5.74) is -1.24. The van der Waals surface area contributed by atoms with Crippen molar-refractivity contribution in [3.05, 3.63) is 47.9 Å². The number of para-hydroxylation sites is 1. The number of benzene rings is 1. The van der Waals surface area contributed by atoms with Crippen LogP contribution in [-0.4, -0.2) is 29.0 Å². The van der Waals surface area contributed by atoms with Crippen molar-refractivity contribution in [3.8, 4) is 0 Å². The zero-order valence-electron chi connectivity index (χ0n) is 14.3. The van der Waals surface area contributed by atoms with E-state index >= 15 is 0 Å². The second-order valence-electron chi connectivity index (χ2n) is 6.45. The van der Waals surface area contributed by atoms with E-state index in [0.717, 1.165) is 25.6 Å². The molecule has 0 saturated carbocycles. The summed E-state index contributed by atoms with van der Waals surface area (Å²) in [6.07, 6.45) is 0.468. The average molecular weight is 364 g/mol. The fourth-order valence-electron chi connectivity index (χ4n) is 3.02. The fourth-order valence-corrected chi connectivity index (χ4v) is 3.02. The van der Waals surface area contributed by atoms with Crippen molar-refractivity contribution >= 4 is 17.4 Å². The van der Waals surface area contributed by atoms with Crippen molar-refractivity contribution < 1.29 is 18.0 Å². The molecule has 1 saturated heterocycles. The number of hydrogen-bond donors (Lipinski definition) is 1. The number of piperidine rings is 1. The lowest BCUT2D eigenvalue weighted by atomic mass is 10.0. The molecule has 138 valence electrons. The first kappa shape index (κ1) is 18.2. The van der Waals surface area contributed by atoms with Gasteiger partial charge in [0, 0.05) is 13.1 Å². The molecule has 0 radical (unpaired) electrons. The van der Waals surface area contributed by atoms with Crippen LogP contribution in [0.25, 0.3) is 0 Å². The van der Waals surface area contributed by atoms with Crippen LogP contribution >= 0.6 is 0 Å². The van der Waals surface area contributed by atoms with E-state index in [0.29, 0.717) is 11.7 Å². The number of hydrogen-bond acceptors (Lipinski definition) is 4. The molecule has 1 unspecified atom stereocenters. The Morgan fingerprint density at radius 3 is 2.65 bits per heavy atom. The van der Waals surface area contributed by atoms with Gasteiger partial charge in [-0.1, -0.05) is 19.1 Å². The van der Waals surface area contributed by atoms with E-state index in [1.54, 1.807) is 0 Å². The van der Waals surface area contributed by atoms with Crippen LogP contribution in [0.3, 0.4) is 0 Å². The van der Waals surface area contributed by atoms with E-state index in [-0.39, 0.29) is 11.4 Å². The Kier molecular flexibility index (Phi) is 5.11. The molecule has 1 aliphatic heterocycles. The molecule has 1 aromatic heterocycles. The molecule has 2 heterocycles. The minimum Gasteiger partial charge on any atom is -0.355 e. The summed E-state index contributed by atoms with van der Waals surface area (Å²) < 4.78 is 39.0. The Morgan fingerprint density at radius 1 is 1.23 bits per heavy atom. The second kappa shape index (κ2) is 7.31. The molecular formula is C18H19F3N4O. The summed E-state index contributed by atoms with van der Waals surface area (Å²) in [4.78, 5) is 22.7. The van der Waals surface area contributed by atoms with E-state index in [9.17, 15) is 18.0 Å². The molecule has 1 aromatic carbocycles. The topological polar surface area (TPSA) is 58.1 Å². The number of halogens is 3. The number of carbonyl (C=O) groups excluding carboxylic acids is 1. The van der Waals surface area contributed by atoms with Gasteiger partial charge >= 0.3 is 6.18 Å². The molecule has 0 aliphatic carbocycles. The van der Waals surface area contributed by atoms with Gasteiger partial charge in [0.25, 0.3) is 5.91 Å². The monoisotopic (exact) mass is 364 g/mol. The molecule has 1 N–H and O–H groups in total. The van der Waals surface area contributed by atoms with Crippen molar-refractivity contribution in [2.24, 2.45) is 5.92 Å². The van der Waals surface area contributed by atoms with Crippen LogP contribution in [0.2, 0.25) is 0 Å². The number of rotatable bonds is 3. The summed E-state index contributed by atoms with van der Waals surface area (Å²) in [5.74, 6) is 0.504. The van der Waals surface area contributed by atoms with Crippen LogP contribution in [0.5, 0.6) is 0 Å². The molecule has 8 heteroatoms. The van der Waals surface area contributed by atoms with Gasteiger partial charge in [-0.2, -0.15) is 13.2 Å². The molecule has 0 bridgehead atoms. The smallest absolute Gasteiger partial charge is 0.355 e. The molecule has 26 heavy (non-hydrogen) atoms. The fraction of sp³-hybridized carbons (Fsp3) is 0.389. The first-order chi connectivity index (χ1) is 12.3. The van der Waals surface area contributed by atoms with E-state index < -0.39 is 17.6 Å². The van der Waals surface area contributed by atoms with Crippen molar-refractivity contribution in [1.29, 1.82) is 0 Å². The number of aromatic nitrogens is 2. The standard InChI is InChI=1S/C18H19F3N4O/c1-12-5-4-8-25(11-12)16-10-22-15(9-23-16)17(26)24-14-7-3-2-6-13(14)18(19,20)21/h2-3,6-7,9-10,12H,4-5,8,11H2,1H3,(H,24,26). The number of amides is 1. The quantitative estimate of drug-likeness (QED) is 0.895. The maximum Gasteiger partial charge on any atom is 0.418 e. The van der Waals surface area contributed by atoms with Crippen molar-refractivity contribution in [3.63, 3.8) is 0 Å². The molecule has 1 atom stereocenters. The molecule has 1 fully saturated rings. The van der Waals surface area contributed by atoms with Gasteiger partial charge in [0.15, 0.2) is 0 Å². The second-order valence-corrected chi connectivity index (χ2v) is 6.45. The average Bonchev–Trinajstić information content (AvgIpc) is 2.61. The summed E-state index contributed by atoms with van der Waals surface area (Å²) in [5, 5.41) is 2.26. The Balaban J connectivity index is 1.73. The summed E-state index contributed by atoms with van der Waals surface area (Å²) in [6, 6.07) is 4.82. The number of carbonyl (C=O) groups is 1. The van der Waals surface area contributed by atoms with Gasteiger partial charge in [-0.3, -0.25) is 4.79 Å². The highest BCUT2D eigenvalue weighted by atomic mass is 19.4. The highest BCUT2D eigenvalue weighted by molar-refractivity contribution is 6.03. The SMILES string of the molecule is CC1CCCN(c2cnc(C(=O)Nc3ccccc3C(F)(F)F)cn2)C1. The number of nitrogens with zero attached hydrogens (tertiary/aromatic N) is 3. The molecule has 2 aromatic rings. The highest BCUT2D eigenvalue weighted by Crippen LogP contribution is 2.34. The van der Waals surface area contributed by atoms with Gasteiger partial charge < -0.3 is 10.2 Å². The first-order valence-corrected chi connectivity index (χ1v) is 8.39. The molecule has 0 spiro atoms. The predicted molar refractivity (Wildman–Crippen MR) is 92.0 cm³/mol. The third kappa shape index (κ3) is 4.12. The van der Waals surface area contributed by atoms with Crippen LogP contribution < -0.4 is 10.2 Å². The zero-order chi connectivity index (χ0) is 18.7. The molecule has 3 rings (SSSR count). The van der Waals surface area contributed by atoms with Gasteiger partial charge in [-0.25, -0.2) is 9.97 Å². The zero-order valence-corrected chi connectivity index (χ0v) is 14.3. The minimum absolute atomic E-state index is 0.0317. The van der Waals surface area contributed by atoms with Gasteiger partial charge in [-0.15, -0.1) is 0 Å². The third-order valence-electron chi connectivity index (χ3n) is 4.33. The van der Waals surface area contributed by atoms with Crippen LogP contribution in [0.4, 0.5) is 24.7 Å². The van der Waals surface area contributed by atoms with E-state index in [4.69, 9.17) is 0 Å². The summed E-state index contributed by atoms with van der Waals surface area (Å²) in [7, 11) is 0. The van der Waals surface area contributed by atoms with Crippen molar-refractivity contribution in [2.75, 3.05) is 23.3 Å². The van der Waals surface area contributed by atoms with E-state index in [1.807, 2.05) is 0 Å². The number of anilines is 2. The Labute approximate surface area is 149 Å². The lowest BCUT2D eigenvalue weighted by molar-refractivity contribution is -0.136. The maximum absolute atomic E-state index is 13.0. The largest absolute Gasteiger partial charge is 0.418 e. The highest BCUT2D eigenvalue weighted by Gasteiger charge is 2.33. The minimum atomic E-state index is -4.55. The van der Waals surface area contributed by atoms with Gasteiger partial charge in [0.1, 0.15) is 11.5 Å². The third-order valence-corrected chi connectivity index (χ3v) is 4.33. The molecule has 1 amide bonds. The Morgan fingerprint density at radius 2 is 2.00 bits per heavy atom. The predicted octanol–water partition coefficient (Wildman–Crippen LogP) is 3.98. The molecular weight excluding hydrogens is 345 g/mol. The summed E-state index contributed by atoms with van der Waals surface area (Å²) >= 11 is 0. The molecule has 1 aliphatic rings. The molecule has 5 nitrogen and oxygen atoms in total. The van der Waals surface area contributed by atoms with E-state index in [1.165, 1.54) is 37.0 Å². The lowest BCUT2D eigenvalue weighted by Crippen LogP contribution is -2.35. The number of alkyl halides is 3. The van der Waals surface area contributed by atoms with E-state index in [2.05, 4.69) is 27.1 Å². The van der Waals surface area contributed by atoms with Crippen molar-refractivity contribution in [1.82, 2.24) is 9.97 Å². The van der Waals surface area contributed by atoms with Gasteiger partial charge in [-0.05, 0) is 30.9 Å².